The topological polar surface area (TPSA) is 87.9 Å². The van der Waals surface area contributed by atoms with Crippen molar-refractivity contribution in [3.8, 4) is 0 Å². The molecule has 120 valence electrons. The number of aliphatic hydroxyl groups is 1. The molecule has 1 saturated carbocycles. The molecule has 6 heteroatoms. The quantitative estimate of drug-likeness (QED) is 0.832. The molecular formula is C17H18N2O4. The Bertz CT molecular complexity index is 812. The zero-order valence-electron chi connectivity index (χ0n) is 12.6. The minimum absolute atomic E-state index is 0.0893. The second-order valence-corrected chi connectivity index (χ2v) is 5.82. The number of nitrogens with zero attached hydrogens (tertiary/aromatic N) is 1. The van der Waals surface area contributed by atoms with Gasteiger partial charge in [0.1, 0.15) is 5.56 Å². The molecule has 1 amide bonds. The van der Waals surface area contributed by atoms with Crippen molar-refractivity contribution in [1.29, 1.82) is 0 Å². The van der Waals surface area contributed by atoms with Gasteiger partial charge in [-0.15, -0.1) is 0 Å². The lowest BCUT2D eigenvalue weighted by Gasteiger charge is -2.28. The van der Waals surface area contributed by atoms with E-state index >= 15 is 0 Å². The number of nitrogens with one attached hydrogen (secondary N) is 1. The smallest absolute Gasteiger partial charge is 0.267 e. The van der Waals surface area contributed by atoms with Gasteiger partial charge < -0.3 is 10.4 Å². The van der Waals surface area contributed by atoms with Gasteiger partial charge in [0.05, 0.1) is 17.7 Å². The molecule has 0 radical (unpaired) electrons. The fourth-order valence-corrected chi connectivity index (χ4v) is 3.06. The average Bonchev–Trinajstić information content (AvgIpc) is 2.57. The highest BCUT2D eigenvalue weighted by atomic mass is 16.3. The Balaban J connectivity index is 1.99. The van der Waals surface area contributed by atoms with Crippen LogP contribution in [0.2, 0.25) is 0 Å². The summed E-state index contributed by atoms with van der Waals surface area (Å²) in [5.41, 5.74) is 0.170. The predicted molar refractivity (Wildman–Crippen MR) is 84.8 cm³/mol. The summed E-state index contributed by atoms with van der Waals surface area (Å²) in [6.45, 7) is 0. The fraction of sp³-hybridized carbons (Fsp3) is 0.353. The average molecular weight is 314 g/mol. The Kier molecular flexibility index (Phi) is 4.25. The molecule has 0 aromatic carbocycles. The molecule has 0 bridgehead atoms. The first kappa shape index (κ1) is 15.4. The van der Waals surface area contributed by atoms with E-state index in [1.807, 2.05) is 0 Å². The van der Waals surface area contributed by atoms with E-state index in [-0.39, 0.29) is 17.2 Å². The lowest BCUT2D eigenvalue weighted by Crippen LogP contribution is -2.46. The normalized spacial score (nSPS) is 21.1. The van der Waals surface area contributed by atoms with E-state index in [1.54, 1.807) is 18.2 Å². The van der Waals surface area contributed by atoms with Crippen molar-refractivity contribution in [2.75, 3.05) is 0 Å². The van der Waals surface area contributed by atoms with Gasteiger partial charge in [-0.1, -0.05) is 18.9 Å². The minimum atomic E-state index is -0.596. The first-order chi connectivity index (χ1) is 11.1. The molecule has 6 nitrogen and oxygen atoms in total. The summed E-state index contributed by atoms with van der Waals surface area (Å²) in [5.74, 6) is -0.553. The molecule has 1 aliphatic rings. The summed E-state index contributed by atoms with van der Waals surface area (Å²) in [6, 6.07) is 5.99. The lowest BCUT2D eigenvalue weighted by molar-refractivity contribution is 0.0716. The number of aromatic nitrogens is 1. The van der Waals surface area contributed by atoms with Crippen molar-refractivity contribution in [2.24, 2.45) is 0 Å². The van der Waals surface area contributed by atoms with E-state index < -0.39 is 17.6 Å². The van der Waals surface area contributed by atoms with Gasteiger partial charge in [-0.05, 0) is 31.0 Å². The van der Waals surface area contributed by atoms with Gasteiger partial charge in [-0.2, -0.15) is 0 Å². The summed E-state index contributed by atoms with van der Waals surface area (Å²) in [4.78, 5) is 36.2. The van der Waals surface area contributed by atoms with Gasteiger partial charge in [0.2, 0.25) is 0 Å². The second-order valence-electron chi connectivity index (χ2n) is 5.82. The number of hydrogen-bond acceptors (Lipinski definition) is 4. The highest BCUT2D eigenvalue weighted by Gasteiger charge is 2.26. The van der Waals surface area contributed by atoms with Crippen LogP contribution >= 0.6 is 0 Å². The number of carbonyl (C=O) groups is 2. The highest BCUT2D eigenvalue weighted by molar-refractivity contribution is 5.97. The highest BCUT2D eigenvalue weighted by Crippen LogP contribution is 2.18. The van der Waals surface area contributed by atoms with Gasteiger partial charge in [0, 0.05) is 11.8 Å². The number of fused-ring (bicyclic) bond motifs is 1. The van der Waals surface area contributed by atoms with E-state index in [0.717, 1.165) is 12.8 Å². The third-order valence-corrected chi connectivity index (χ3v) is 4.32. The van der Waals surface area contributed by atoms with Crippen LogP contribution in [0.5, 0.6) is 0 Å². The first-order valence-electron chi connectivity index (χ1n) is 7.70. The van der Waals surface area contributed by atoms with Gasteiger partial charge in [0.25, 0.3) is 11.5 Å². The van der Waals surface area contributed by atoms with Crippen LogP contribution < -0.4 is 10.9 Å². The number of amides is 1. The molecule has 2 aromatic heterocycles. The van der Waals surface area contributed by atoms with Gasteiger partial charge in [0.15, 0.2) is 6.29 Å². The summed E-state index contributed by atoms with van der Waals surface area (Å²) >= 11 is 0. The zero-order chi connectivity index (χ0) is 16.4. The number of aliphatic hydroxyl groups excluding tert-OH is 1. The van der Waals surface area contributed by atoms with Crippen LogP contribution in [0.15, 0.2) is 35.3 Å². The van der Waals surface area contributed by atoms with Crippen LogP contribution in [0.3, 0.4) is 0 Å². The standard InChI is InChI=1S/C17H18N2O4/c20-10-11-9-12(17(23)19-8-4-3-6-14(11)19)16(22)18-13-5-1-2-7-15(13)21/h3-4,6,8-10,13,15,21H,1-2,5,7H2,(H,18,22)/t13-,15?/m0/s1. The van der Waals surface area contributed by atoms with Gasteiger partial charge >= 0.3 is 0 Å². The molecule has 0 spiro atoms. The molecular weight excluding hydrogens is 296 g/mol. The largest absolute Gasteiger partial charge is 0.391 e. The Morgan fingerprint density at radius 1 is 1.30 bits per heavy atom. The fourth-order valence-electron chi connectivity index (χ4n) is 3.06. The minimum Gasteiger partial charge on any atom is -0.391 e. The number of aldehydes is 1. The van der Waals surface area contributed by atoms with Crippen LogP contribution in [0.1, 0.15) is 46.4 Å². The maximum absolute atomic E-state index is 12.5. The summed E-state index contributed by atoms with van der Waals surface area (Å²) in [6.07, 6.45) is 4.74. The van der Waals surface area contributed by atoms with E-state index in [1.165, 1.54) is 16.7 Å². The summed E-state index contributed by atoms with van der Waals surface area (Å²) in [5, 5.41) is 12.7. The van der Waals surface area contributed by atoms with E-state index in [0.29, 0.717) is 24.6 Å². The molecule has 3 rings (SSSR count). The molecule has 2 aromatic rings. The second kappa shape index (κ2) is 6.34. The predicted octanol–water partition coefficient (Wildman–Crippen LogP) is 1.15. The summed E-state index contributed by atoms with van der Waals surface area (Å²) in [7, 11) is 0. The van der Waals surface area contributed by atoms with E-state index in [9.17, 15) is 19.5 Å². The van der Waals surface area contributed by atoms with Crippen molar-refractivity contribution >= 4 is 17.7 Å². The molecule has 1 unspecified atom stereocenters. The van der Waals surface area contributed by atoms with E-state index in [4.69, 9.17) is 0 Å². The van der Waals surface area contributed by atoms with E-state index in [2.05, 4.69) is 5.32 Å². The van der Waals surface area contributed by atoms with Crippen LogP contribution in [-0.2, 0) is 0 Å². The van der Waals surface area contributed by atoms with Crippen molar-refractivity contribution in [3.05, 3.63) is 51.9 Å². The van der Waals surface area contributed by atoms with Crippen LogP contribution in [-0.4, -0.2) is 33.8 Å². The number of rotatable bonds is 3. The van der Waals surface area contributed by atoms with Crippen LogP contribution in [0, 0.1) is 0 Å². The molecule has 0 aliphatic heterocycles. The third-order valence-electron chi connectivity index (χ3n) is 4.32. The maximum atomic E-state index is 12.5. The molecule has 2 atom stereocenters. The number of pyridine rings is 2. The zero-order valence-corrected chi connectivity index (χ0v) is 12.6. The Labute approximate surface area is 132 Å². The Morgan fingerprint density at radius 3 is 2.83 bits per heavy atom. The molecule has 23 heavy (non-hydrogen) atoms. The Morgan fingerprint density at radius 2 is 2.09 bits per heavy atom. The molecule has 2 N–H and O–H groups in total. The summed E-state index contributed by atoms with van der Waals surface area (Å²) < 4.78 is 1.29. The van der Waals surface area contributed by atoms with Crippen molar-refractivity contribution in [3.63, 3.8) is 0 Å². The molecule has 0 saturated heterocycles. The van der Waals surface area contributed by atoms with Gasteiger partial charge in [-0.3, -0.25) is 18.8 Å². The maximum Gasteiger partial charge on any atom is 0.267 e. The number of hydrogen-bond donors (Lipinski definition) is 2. The SMILES string of the molecule is O=Cc1cc(C(=O)N[C@H]2CCCCC2O)c(=O)n2ccccc12. The van der Waals surface area contributed by atoms with Crippen molar-refractivity contribution in [2.45, 2.75) is 37.8 Å². The number of carbonyl (C=O) groups excluding carboxylic acids is 2. The first-order valence-corrected chi connectivity index (χ1v) is 7.70. The molecule has 1 aliphatic carbocycles. The Hall–Kier alpha value is -2.47. The molecule has 2 heterocycles. The third kappa shape index (κ3) is 2.90. The van der Waals surface area contributed by atoms with Gasteiger partial charge in [-0.25, -0.2) is 0 Å². The lowest BCUT2D eigenvalue weighted by atomic mass is 9.92. The monoisotopic (exact) mass is 314 g/mol. The van der Waals surface area contributed by atoms with Crippen molar-refractivity contribution < 1.29 is 14.7 Å². The van der Waals surface area contributed by atoms with Crippen LogP contribution in [0.25, 0.3) is 5.52 Å². The van der Waals surface area contributed by atoms with Crippen molar-refractivity contribution in [1.82, 2.24) is 9.72 Å². The van der Waals surface area contributed by atoms with Crippen LogP contribution in [0.4, 0.5) is 0 Å². The molecule has 1 fully saturated rings.